The number of carbonyl (C=O) groups is 1. The largest absolute Gasteiger partial charge is 0.511 e. The lowest BCUT2D eigenvalue weighted by Gasteiger charge is -2.32. The summed E-state index contributed by atoms with van der Waals surface area (Å²) in [7, 11) is -3.75. The molecule has 8 nitrogen and oxygen atoms in total. The molecule has 1 fully saturated rings. The molecule has 0 aromatic rings. The number of sulfonamides is 1. The van der Waals surface area contributed by atoms with Crippen molar-refractivity contribution in [1.82, 2.24) is 20.3 Å². The number of hydrogen-bond donors (Lipinski definition) is 3. The summed E-state index contributed by atoms with van der Waals surface area (Å²) in [6.07, 6.45) is 0.442. The number of alkyl halides is 3. The van der Waals surface area contributed by atoms with Gasteiger partial charge >= 0.3 is 15.5 Å². The van der Waals surface area contributed by atoms with E-state index in [4.69, 9.17) is 0 Å². The van der Waals surface area contributed by atoms with E-state index in [0.717, 1.165) is 0 Å². The van der Waals surface area contributed by atoms with E-state index in [0.29, 0.717) is 16.8 Å². The Hall–Kier alpha value is -0.830. The van der Waals surface area contributed by atoms with Gasteiger partial charge in [0, 0.05) is 32.7 Å². The Bertz CT molecular complexity index is 648. The average Bonchev–Trinajstić information content (AvgIpc) is 2.58. The fourth-order valence-electron chi connectivity index (χ4n) is 2.59. The highest BCUT2D eigenvalue weighted by molar-refractivity contribution is 14.0. The lowest BCUT2D eigenvalue weighted by atomic mass is 9.93. The lowest BCUT2D eigenvalue weighted by molar-refractivity contribution is -0.128. The minimum atomic E-state index is -5.29. The third-order valence-corrected chi connectivity index (χ3v) is 5.88. The van der Waals surface area contributed by atoms with E-state index in [1.165, 1.54) is 0 Å². The van der Waals surface area contributed by atoms with Crippen molar-refractivity contribution in [2.45, 2.75) is 45.2 Å². The van der Waals surface area contributed by atoms with Crippen molar-refractivity contribution in [2.75, 3.05) is 33.2 Å². The maximum atomic E-state index is 12.6. The van der Waals surface area contributed by atoms with Crippen LogP contribution in [0.4, 0.5) is 13.2 Å². The van der Waals surface area contributed by atoms with Gasteiger partial charge in [-0.05, 0) is 33.6 Å². The van der Waals surface area contributed by atoms with Gasteiger partial charge in [-0.3, -0.25) is 9.79 Å². The summed E-state index contributed by atoms with van der Waals surface area (Å²) in [4.78, 5) is 16.2. The topological polar surface area (TPSA) is 103 Å². The molecule has 0 atom stereocenters. The Kier molecular flexibility index (Phi) is 10.5. The van der Waals surface area contributed by atoms with Gasteiger partial charge in [0.1, 0.15) is 0 Å². The van der Waals surface area contributed by atoms with Crippen molar-refractivity contribution in [3.63, 3.8) is 0 Å². The highest BCUT2D eigenvalue weighted by Crippen LogP contribution is 2.28. The van der Waals surface area contributed by atoms with Crippen LogP contribution in [0.25, 0.3) is 0 Å². The molecule has 0 aromatic carbocycles. The third kappa shape index (κ3) is 7.21. The Morgan fingerprint density at radius 3 is 2.18 bits per heavy atom. The molecule has 0 radical (unpaired) electrons. The van der Waals surface area contributed by atoms with Gasteiger partial charge in [-0.25, -0.2) is 8.42 Å². The minimum Gasteiger partial charge on any atom is -0.359 e. The molecular weight excluding hydrogens is 514 g/mol. The first-order chi connectivity index (χ1) is 12.3. The van der Waals surface area contributed by atoms with Crippen molar-refractivity contribution in [3.8, 4) is 0 Å². The first kappa shape index (κ1) is 27.2. The Morgan fingerprint density at radius 2 is 1.75 bits per heavy atom. The monoisotopic (exact) mass is 543 g/mol. The van der Waals surface area contributed by atoms with Crippen LogP contribution in [-0.4, -0.2) is 69.4 Å². The van der Waals surface area contributed by atoms with Crippen LogP contribution in [0.1, 0.15) is 33.6 Å². The summed E-state index contributed by atoms with van der Waals surface area (Å²) in [5.74, 6) is 0.277. The van der Waals surface area contributed by atoms with Gasteiger partial charge in [-0.2, -0.15) is 17.5 Å². The van der Waals surface area contributed by atoms with Gasteiger partial charge < -0.3 is 16.0 Å². The molecule has 0 saturated carbocycles. The van der Waals surface area contributed by atoms with Crippen LogP contribution < -0.4 is 16.0 Å². The summed E-state index contributed by atoms with van der Waals surface area (Å²) >= 11 is 0. The normalized spacial score (nSPS) is 17.6. The van der Waals surface area contributed by atoms with Gasteiger partial charge in [0.15, 0.2) is 5.96 Å². The zero-order chi connectivity index (χ0) is 20.9. The molecule has 1 saturated heterocycles. The third-order valence-electron chi connectivity index (χ3n) is 4.25. The van der Waals surface area contributed by atoms with Crippen LogP contribution in [0.2, 0.25) is 0 Å². The van der Waals surface area contributed by atoms with E-state index >= 15 is 0 Å². The molecule has 1 amide bonds. The fourth-order valence-corrected chi connectivity index (χ4v) is 3.57. The van der Waals surface area contributed by atoms with E-state index in [1.807, 2.05) is 6.92 Å². The first-order valence-corrected chi connectivity index (χ1v) is 10.1. The van der Waals surface area contributed by atoms with Crippen molar-refractivity contribution >= 4 is 45.9 Å². The molecule has 1 aliphatic heterocycles. The van der Waals surface area contributed by atoms with Crippen LogP contribution in [0.5, 0.6) is 0 Å². The molecular formula is C15H29F3IN5O3S. The predicted molar refractivity (Wildman–Crippen MR) is 112 cm³/mol. The fraction of sp³-hybridized carbons (Fsp3) is 0.867. The number of piperidine rings is 1. The molecule has 3 N–H and O–H groups in total. The molecule has 1 rings (SSSR count). The highest BCUT2D eigenvalue weighted by atomic mass is 127. The molecule has 0 spiro atoms. The number of amides is 1. The molecule has 28 heavy (non-hydrogen) atoms. The SMILES string of the molecule is CCNC(=NCC(C)(C)C(=O)NC)NC1CCN(S(=O)(=O)C(F)(F)F)CC1.I. The molecule has 0 bridgehead atoms. The Labute approximate surface area is 181 Å². The summed E-state index contributed by atoms with van der Waals surface area (Å²) in [6, 6.07) is -0.217. The maximum absolute atomic E-state index is 12.6. The highest BCUT2D eigenvalue weighted by Gasteiger charge is 2.50. The number of carbonyl (C=O) groups excluding carboxylic acids is 1. The van der Waals surface area contributed by atoms with Crippen molar-refractivity contribution in [3.05, 3.63) is 0 Å². The summed E-state index contributed by atoms with van der Waals surface area (Å²) in [5, 5.41) is 8.69. The molecule has 13 heteroatoms. The van der Waals surface area contributed by atoms with Gasteiger partial charge in [0.25, 0.3) is 0 Å². The van der Waals surface area contributed by atoms with E-state index in [-0.39, 0.29) is 68.4 Å². The van der Waals surface area contributed by atoms with Crippen LogP contribution in [0.15, 0.2) is 4.99 Å². The number of guanidine groups is 1. The van der Waals surface area contributed by atoms with Gasteiger partial charge in [-0.15, -0.1) is 24.0 Å². The van der Waals surface area contributed by atoms with E-state index in [1.54, 1.807) is 20.9 Å². The van der Waals surface area contributed by atoms with Crippen LogP contribution in [0, 0.1) is 5.41 Å². The smallest absolute Gasteiger partial charge is 0.359 e. The van der Waals surface area contributed by atoms with Crippen molar-refractivity contribution < 1.29 is 26.4 Å². The Morgan fingerprint density at radius 1 is 1.21 bits per heavy atom. The van der Waals surface area contributed by atoms with Crippen LogP contribution in [0.3, 0.4) is 0 Å². The van der Waals surface area contributed by atoms with Crippen LogP contribution >= 0.6 is 24.0 Å². The molecule has 0 aliphatic carbocycles. The summed E-state index contributed by atoms with van der Waals surface area (Å²) in [6.45, 7) is 5.69. The zero-order valence-electron chi connectivity index (χ0n) is 16.4. The summed E-state index contributed by atoms with van der Waals surface area (Å²) < 4.78 is 61.2. The van der Waals surface area contributed by atoms with E-state index < -0.39 is 20.9 Å². The van der Waals surface area contributed by atoms with Crippen LogP contribution in [-0.2, 0) is 14.8 Å². The van der Waals surface area contributed by atoms with E-state index in [9.17, 15) is 26.4 Å². The van der Waals surface area contributed by atoms with Gasteiger partial charge in [0.05, 0.1) is 12.0 Å². The lowest BCUT2D eigenvalue weighted by Crippen LogP contribution is -2.52. The van der Waals surface area contributed by atoms with Gasteiger partial charge in [-0.1, -0.05) is 0 Å². The zero-order valence-corrected chi connectivity index (χ0v) is 19.5. The molecule has 1 aliphatic rings. The summed E-state index contributed by atoms with van der Waals surface area (Å²) in [5.41, 5.74) is -6.00. The quantitative estimate of drug-likeness (QED) is 0.266. The molecule has 166 valence electrons. The molecule has 0 aromatic heterocycles. The first-order valence-electron chi connectivity index (χ1n) is 8.68. The van der Waals surface area contributed by atoms with Crippen molar-refractivity contribution in [1.29, 1.82) is 0 Å². The second kappa shape index (κ2) is 10.8. The average molecular weight is 543 g/mol. The van der Waals surface area contributed by atoms with E-state index in [2.05, 4.69) is 20.9 Å². The number of halogens is 4. The molecule has 0 unspecified atom stereocenters. The maximum Gasteiger partial charge on any atom is 0.511 e. The number of aliphatic imine (C=N–C) groups is 1. The van der Waals surface area contributed by atoms with Gasteiger partial charge in [0.2, 0.25) is 5.91 Å². The number of nitrogens with one attached hydrogen (secondary N) is 3. The second-order valence-electron chi connectivity index (χ2n) is 6.93. The number of hydrogen-bond acceptors (Lipinski definition) is 4. The predicted octanol–water partition coefficient (Wildman–Crippen LogP) is 1.25. The standard InChI is InChI=1S/C15H28F3N5O3S.HI/c1-5-20-13(21-10-14(2,3)12(24)19-4)22-11-6-8-23(9-7-11)27(25,26)15(16,17)18;/h11H,5-10H2,1-4H3,(H,19,24)(H2,20,21,22);1H. The van der Waals surface area contributed by atoms with Crippen molar-refractivity contribution in [2.24, 2.45) is 10.4 Å². The minimum absolute atomic E-state index is 0. The number of rotatable bonds is 6. The Balaban J connectivity index is 0.00000729. The molecule has 1 heterocycles. The second-order valence-corrected chi connectivity index (χ2v) is 8.86. The number of nitrogens with zero attached hydrogens (tertiary/aromatic N) is 2.